The molecule has 0 saturated carbocycles. The summed E-state index contributed by atoms with van der Waals surface area (Å²) in [7, 11) is 0. The van der Waals surface area contributed by atoms with Crippen LogP contribution in [-0.2, 0) is 16.0 Å². The number of thioether (sulfide) groups is 1. The van der Waals surface area contributed by atoms with Crippen molar-refractivity contribution < 1.29 is 9.59 Å². The highest BCUT2D eigenvalue weighted by Crippen LogP contribution is 2.42. The number of carbonyl (C=O) groups is 2. The molecule has 1 aliphatic heterocycles. The van der Waals surface area contributed by atoms with Gasteiger partial charge in [0.1, 0.15) is 0 Å². The van der Waals surface area contributed by atoms with Crippen LogP contribution < -0.4 is 16.0 Å². The van der Waals surface area contributed by atoms with Gasteiger partial charge in [-0.05, 0) is 55.0 Å². The minimum Gasteiger partial charge on any atom is -0.353 e. The lowest BCUT2D eigenvalue weighted by Gasteiger charge is -2.29. The van der Waals surface area contributed by atoms with Gasteiger partial charge in [0.2, 0.25) is 5.91 Å². The Kier molecular flexibility index (Phi) is 8.49. The fourth-order valence-corrected chi connectivity index (χ4v) is 5.98. The van der Waals surface area contributed by atoms with E-state index in [1.807, 2.05) is 86.8 Å². The van der Waals surface area contributed by atoms with Gasteiger partial charge in [0, 0.05) is 27.5 Å². The highest BCUT2D eigenvalue weighted by atomic mass is 32.2. The molecule has 0 saturated heterocycles. The number of dihydropyridines is 1. The van der Waals surface area contributed by atoms with Gasteiger partial charge in [0.15, 0.2) is 0 Å². The van der Waals surface area contributed by atoms with Gasteiger partial charge in [-0.3, -0.25) is 9.59 Å². The number of carbonyl (C=O) groups excluding carboxylic acids is 2. The quantitative estimate of drug-likeness (QED) is 0.318. The van der Waals surface area contributed by atoms with Crippen LogP contribution in [0.2, 0.25) is 0 Å². The second kappa shape index (κ2) is 12.0. The van der Waals surface area contributed by atoms with Crippen molar-refractivity contribution in [2.75, 3.05) is 16.4 Å². The van der Waals surface area contributed by atoms with Gasteiger partial charge in [0.05, 0.1) is 28.3 Å². The number of nitrogens with one attached hydrogen (secondary N) is 3. The minimum atomic E-state index is -0.526. The number of allylic oxidation sites excluding steroid dienone is 2. The maximum atomic E-state index is 13.5. The Morgan fingerprint density at radius 3 is 2.43 bits per heavy atom. The molecule has 3 aromatic rings. The number of thiophene rings is 1. The number of nitriles is 1. The van der Waals surface area contributed by atoms with Gasteiger partial charge in [-0.2, -0.15) is 5.26 Å². The molecule has 0 radical (unpaired) electrons. The van der Waals surface area contributed by atoms with E-state index in [0.717, 1.165) is 33.8 Å². The van der Waals surface area contributed by atoms with Crippen LogP contribution in [0.1, 0.15) is 35.8 Å². The molecule has 2 amide bonds. The molecular weight excluding hydrogens is 500 g/mol. The molecule has 0 spiro atoms. The van der Waals surface area contributed by atoms with Crippen LogP contribution in [-0.4, -0.2) is 17.6 Å². The number of para-hydroxylation sites is 2. The van der Waals surface area contributed by atoms with Crippen LogP contribution in [0.25, 0.3) is 0 Å². The SMILES string of the molecule is CCc1ccccc1NC(=O)CSC1=C(C#N)C(c2cccs2)C(C(=O)Nc2ccccc2C)=C(C)N1. The fourth-order valence-electron chi connectivity index (χ4n) is 4.24. The highest BCUT2D eigenvalue weighted by Gasteiger charge is 2.35. The number of hydrogen-bond donors (Lipinski definition) is 3. The predicted octanol–water partition coefficient (Wildman–Crippen LogP) is 6.33. The van der Waals surface area contributed by atoms with Crippen molar-refractivity contribution in [3.63, 3.8) is 0 Å². The Bertz CT molecular complexity index is 1420. The third-order valence-corrected chi connectivity index (χ3v) is 8.09. The zero-order chi connectivity index (χ0) is 26.4. The summed E-state index contributed by atoms with van der Waals surface area (Å²) in [6, 6.07) is 21.5. The van der Waals surface area contributed by atoms with Crippen molar-refractivity contribution in [1.29, 1.82) is 5.26 Å². The third-order valence-electron chi connectivity index (χ3n) is 6.13. The summed E-state index contributed by atoms with van der Waals surface area (Å²) < 4.78 is 0. The fraction of sp³-hybridized carbons (Fsp3) is 0.207. The summed E-state index contributed by atoms with van der Waals surface area (Å²) in [5.41, 5.74) is 5.11. The lowest BCUT2D eigenvalue weighted by atomic mass is 9.86. The first-order valence-electron chi connectivity index (χ1n) is 12.0. The molecule has 1 unspecified atom stereocenters. The first-order valence-corrected chi connectivity index (χ1v) is 13.8. The summed E-state index contributed by atoms with van der Waals surface area (Å²) in [4.78, 5) is 27.2. The molecule has 1 aliphatic rings. The summed E-state index contributed by atoms with van der Waals surface area (Å²) in [5.74, 6) is -0.819. The molecule has 188 valence electrons. The van der Waals surface area contributed by atoms with Crippen LogP contribution in [0.3, 0.4) is 0 Å². The molecule has 8 heteroatoms. The molecule has 6 nitrogen and oxygen atoms in total. The first kappa shape index (κ1) is 26.3. The average molecular weight is 529 g/mol. The molecule has 37 heavy (non-hydrogen) atoms. The molecule has 1 atom stereocenters. The van der Waals surface area contributed by atoms with Crippen molar-refractivity contribution in [3.05, 3.63) is 104 Å². The zero-order valence-electron chi connectivity index (χ0n) is 20.9. The van der Waals surface area contributed by atoms with E-state index in [1.165, 1.54) is 23.1 Å². The standard InChI is InChI=1S/C29H28N4O2S2/c1-4-20-11-6-8-13-23(20)32-25(34)17-37-29-21(16-30)27(24-14-9-15-36-24)26(19(3)31-29)28(35)33-22-12-7-5-10-18(22)2/h5-15,27,31H,4,17H2,1-3H3,(H,32,34)(H,33,35). The molecule has 1 aromatic heterocycles. The highest BCUT2D eigenvalue weighted by molar-refractivity contribution is 8.03. The zero-order valence-corrected chi connectivity index (χ0v) is 22.6. The topological polar surface area (TPSA) is 94.0 Å². The predicted molar refractivity (Wildman–Crippen MR) is 152 cm³/mol. The molecule has 2 heterocycles. The third kappa shape index (κ3) is 5.96. The normalized spacial score (nSPS) is 15.1. The number of benzene rings is 2. The van der Waals surface area contributed by atoms with Gasteiger partial charge in [-0.15, -0.1) is 11.3 Å². The summed E-state index contributed by atoms with van der Waals surface area (Å²) >= 11 is 2.77. The van der Waals surface area contributed by atoms with E-state index in [1.54, 1.807) is 0 Å². The largest absolute Gasteiger partial charge is 0.353 e. The Hall–Kier alpha value is -3.80. The Morgan fingerprint density at radius 1 is 1.03 bits per heavy atom. The van der Waals surface area contributed by atoms with Gasteiger partial charge in [0.25, 0.3) is 5.91 Å². The van der Waals surface area contributed by atoms with Crippen LogP contribution in [0.4, 0.5) is 11.4 Å². The van der Waals surface area contributed by atoms with Gasteiger partial charge in [-0.25, -0.2) is 0 Å². The second-order valence-electron chi connectivity index (χ2n) is 8.58. The molecule has 0 bridgehead atoms. The lowest BCUT2D eigenvalue weighted by Crippen LogP contribution is -2.31. The molecule has 3 N–H and O–H groups in total. The van der Waals surface area contributed by atoms with Gasteiger partial charge in [-0.1, -0.05) is 61.2 Å². The molecule has 0 fully saturated rings. The summed E-state index contributed by atoms with van der Waals surface area (Å²) in [6.45, 7) is 5.81. The summed E-state index contributed by atoms with van der Waals surface area (Å²) in [6.07, 6.45) is 0.814. The van der Waals surface area contributed by atoms with Crippen LogP contribution in [0.15, 0.2) is 87.9 Å². The Labute approximate surface area is 225 Å². The van der Waals surface area contributed by atoms with Crippen LogP contribution in [0, 0.1) is 18.3 Å². The van der Waals surface area contributed by atoms with Crippen molar-refractivity contribution in [2.24, 2.45) is 0 Å². The van der Waals surface area contributed by atoms with Gasteiger partial charge >= 0.3 is 0 Å². The van der Waals surface area contributed by atoms with E-state index in [0.29, 0.717) is 21.9 Å². The number of hydrogen-bond acceptors (Lipinski definition) is 6. The smallest absolute Gasteiger partial charge is 0.254 e. The minimum absolute atomic E-state index is 0.126. The molecule has 2 aromatic carbocycles. The summed E-state index contributed by atoms with van der Waals surface area (Å²) in [5, 5.41) is 22.0. The number of nitrogens with zero attached hydrogens (tertiary/aromatic N) is 1. The van der Waals surface area contributed by atoms with E-state index < -0.39 is 5.92 Å². The maximum Gasteiger partial charge on any atom is 0.254 e. The van der Waals surface area contributed by atoms with E-state index in [2.05, 4.69) is 22.0 Å². The van der Waals surface area contributed by atoms with E-state index >= 15 is 0 Å². The average Bonchev–Trinajstić information content (AvgIpc) is 3.43. The van der Waals surface area contributed by atoms with Crippen molar-refractivity contribution in [2.45, 2.75) is 33.1 Å². The van der Waals surface area contributed by atoms with Crippen LogP contribution >= 0.6 is 23.1 Å². The Balaban J connectivity index is 1.59. The van der Waals surface area contributed by atoms with Crippen molar-refractivity contribution >= 4 is 46.3 Å². The van der Waals surface area contributed by atoms with Crippen molar-refractivity contribution in [1.82, 2.24) is 5.32 Å². The number of amides is 2. The van der Waals surface area contributed by atoms with E-state index in [4.69, 9.17) is 0 Å². The Morgan fingerprint density at radius 2 is 1.76 bits per heavy atom. The van der Waals surface area contributed by atoms with Crippen molar-refractivity contribution in [3.8, 4) is 6.07 Å². The number of anilines is 2. The monoisotopic (exact) mass is 528 g/mol. The molecular formula is C29H28N4O2S2. The number of rotatable bonds is 8. The second-order valence-corrected chi connectivity index (χ2v) is 10.5. The number of aryl methyl sites for hydroxylation is 2. The lowest BCUT2D eigenvalue weighted by molar-refractivity contribution is -0.114. The first-order chi connectivity index (χ1) is 17.9. The van der Waals surface area contributed by atoms with E-state index in [9.17, 15) is 14.9 Å². The molecule has 4 rings (SSSR count). The maximum absolute atomic E-state index is 13.5. The van der Waals surface area contributed by atoms with Crippen LogP contribution in [0.5, 0.6) is 0 Å². The molecule has 0 aliphatic carbocycles. The van der Waals surface area contributed by atoms with E-state index in [-0.39, 0.29) is 17.6 Å². The van der Waals surface area contributed by atoms with Gasteiger partial charge < -0.3 is 16.0 Å².